The van der Waals surface area contributed by atoms with E-state index in [2.05, 4.69) is 32.7 Å². The van der Waals surface area contributed by atoms with E-state index in [0.29, 0.717) is 17.1 Å². The van der Waals surface area contributed by atoms with Crippen molar-refractivity contribution in [2.75, 3.05) is 11.4 Å². The third-order valence-electron chi connectivity index (χ3n) is 3.58. The van der Waals surface area contributed by atoms with Crippen molar-refractivity contribution in [2.45, 2.75) is 44.7 Å². The molecule has 0 atom stereocenters. The van der Waals surface area contributed by atoms with Crippen LogP contribution in [0.2, 0.25) is 5.02 Å². The van der Waals surface area contributed by atoms with Crippen molar-refractivity contribution in [3.8, 4) is 0 Å². The Morgan fingerprint density at radius 1 is 1.44 bits per heavy atom. The van der Waals surface area contributed by atoms with Crippen LogP contribution in [0.5, 0.6) is 0 Å². The number of nitrogens with zero attached hydrogens (tertiary/aromatic N) is 2. The summed E-state index contributed by atoms with van der Waals surface area (Å²) in [5.74, 6) is 0.988. The second kappa shape index (κ2) is 6.22. The number of anilines is 1. The first kappa shape index (κ1) is 14.1. The Bertz CT molecular complexity index is 405. The zero-order valence-corrected chi connectivity index (χ0v) is 12.9. The van der Waals surface area contributed by atoms with Gasteiger partial charge in [0.1, 0.15) is 5.82 Å². The molecule has 0 bridgehead atoms. The first-order chi connectivity index (χ1) is 8.61. The van der Waals surface area contributed by atoms with Crippen LogP contribution in [-0.4, -0.2) is 23.6 Å². The molecular formula is C13H19BrClN3. The van der Waals surface area contributed by atoms with Crippen LogP contribution in [0.25, 0.3) is 0 Å². The summed E-state index contributed by atoms with van der Waals surface area (Å²) in [5, 5.41) is 0.660. The Morgan fingerprint density at radius 2 is 2.11 bits per heavy atom. The van der Waals surface area contributed by atoms with Gasteiger partial charge in [-0.25, -0.2) is 4.98 Å². The highest BCUT2D eigenvalue weighted by Gasteiger charge is 2.25. The molecule has 0 aromatic carbocycles. The van der Waals surface area contributed by atoms with Gasteiger partial charge in [-0.15, -0.1) is 0 Å². The number of hydrogen-bond acceptors (Lipinski definition) is 3. The predicted octanol–water partition coefficient (Wildman–Crippen LogP) is 3.59. The highest BCUT2D eigenvalue weighted by atomic mass is 79.9. The molecule has 100 valence electrons. The average molecular weight is 333 g/mol. The van der Waals surface area contributed by atoms with Crippen LogP contribution in [0.1, 0.15) is 32.6 Å². The molecular weight excluding hydrogens is 314 g/mol. The SMILES string of the molecule is CCN(c1ncc(Cl)cc1Br)C1CCC(N)CC1. The standard InChI is InChI=1S/C13H19BrClN3/c1-2-18(11-5-3-10(16)4-6-11)13-12(14)7-9(15)8-17-13/h7-8,10-11H,2-6,16H2,1H3. The van der Waals surface area contributed by atoms with Crippen LogP contribution in [0, 0.1) is 0 Å². The molecule has 0 aliphatic heterocycles. The number of halogens is 2. The minimum absolute atomic E-state index is 0.376. The lowest BCUT2D eigenvalue weighted by atomic mass is 9.90. The summed E-state index contributed by atoms with van der Waals surface area (Å²) in [7, 11) is 0. The van der Waals surface area contributed by atoms with E-state index >= 15 is 0 Å². The largest absolute Gasteiger partial charge is 0.353 e. The van der Waals surface area contributed by atoms with Crippen LogP contribution >= 0.6 is 27.5 Å². The average Bonchev–Trinajstić information content (AvgIpc) is 2.35. The molecule has 5 heteroatoms. The molecule has 0 unspecified atom stereocenters. The van der Waals surface area contributed by atoms with Crippen LogP contribution < -0.4 is 10.6 Å². The van der Waals surface area contributed by atoms with E-state index < -0.39 is 0 Å². The van der Waals surface area contributed by atoms with E-state index in [1.165, 1.54) is 0 Å². The maximum Gasteiger partial charge on any atom is 0.143 e. The van der Waals surface area contributed by atoms with Gasteiger partial charge in [-0.3, -0.25) is 0 Å². The van der Waals surface area contributed by atoms with Gasteiger partial charge < -0.3 is 10.6 Å². The number of nitrogens with two attached hydrogens (primary N) is 1. The van der Waals surface area contributed by atoms with Gasteiger partial charge in [0.05, 0.1) is 9.50 Å². The maximum atomic E-state index is 5.97. The number of pyridine rings is 1. The summed E-state index contributed by atoms with van der Waals surface area (Å²) in [6, 6.07) is 2.82. The van der Waals surface area contributed by atoms with Gasteiger partial charge in [-0.1, -0.05) is 11.6 Å². The summed E-state index contributed by atoms with van der Waals surface area (Å²) in [5.41, 5.74) is 5.97. The molecule has 0 amide bonds. The van der Waals surface area contributed by atoms with Crippen molar-refractivity contribution in [3.63, 3.8) is 0 Å². The van der Waals surface area contributed by atoms with Crippen molar-refractivity contribution in [1.29, 1.82) is 0 Å². The first-order valence-corrected chi connectivity index (χ1v) is 7.62. The summed E-state index contributed by atoms with van der Waals surface area (Å²) >= 11 is 9.50. The minimum Gasteiger partial charge on any atom is -0.353 e. The smallest absolute Gasteiger partial charge is 0.143 e. The van der Waals surface area contributed by atoms with E-state index in [9.17, 15) is 0 Å². The quantitative estimate of drug-likeness (QED) is 0.919. The highest BCUT2D eigenvalue weighted by molar-refractivity contribution is 9.10. The molecule has 1 aliphatic rings. The molecule has 1 fully saturated rings. The van der Waals surface area contributed by atoms with E-state index in [1.54, 1.807) is 6.20 Å². The molecule has 3 nitrogen and oxygen atoms in total. The van der Waals surface area contributed by atoms with Gasteiger partial charge in [0.15, 0.2) is 0 Å². The molecule has 18 heavy (non-hydrogen) atoms. The number of hydrogen-bond donors (Lipinski definition) is 1. The third-order valence-corrected chi connectivity index (χ3v) is 4.37. The maximum absolute atomic E-state index is 5.97. The summed E-state index contributed by atoms with van der Waals surface area (Å²) < 4.78 is 0.965. The van der Waals surface area contributed by atoms with E-state index in [4.69, 9.17) is 17.3 Å². The second-order valence-corrected chi connectivity index (χ2v) is 6.10. The first-order valence-electron chi connectivity index (χ1n) is 6.45. The Morgan fingerprint density at radius 3 is 2.67 bits per heavy atom. The summed E-state index contributed by atoms with van der Waals surface area (Å²) in [4.78, 5) is 6.81. The van der Waals surface area contributed by atoms with Gasteiger partial charge in [-0.05, 0) is 54.6 Å². The Kier molecular flexibility index (Phi) is 4.87. The lowest BCUT2D eigenvalue weighted by molar-refractivity contribution is 0.376. The molecule has 1 aromatic heterocycles. The fourth-order valence-electron chi connectivity index (χ4n) is 2.61. The van der Waals surface area contributed by atoms with Crippen LogP contribution in [0.15, 0.2) is 16.7 Å². The molecule has 2 rings (SSSR count). The molecule has 0 radical (unpaired) electrons. The molecule has 1 aromatic rings. The van der Waals surface area contributed by atoms with Crippen LogP contribution in [-0.2, 0) is 0 Å². The normalized spacial score (nSPS) is 24.0. The van der Waals surface area contributed by atoms with E-state index in [0.717, 1.165) is 42.5 Å². The predicted molar refractivity (Wildman–Crippen MR) is 80.2 cm³/mol. The van der Waals surface area contributed by atoms with Crippen molar-refractivity contribution in [2.24, 2.45) is 5.73 Å². The lowest BCUT2D eigenvalue weighted by Gasteiger charge is -2.36. The summed E-state index contributed by atoms with van der Waals surface area (Å²) in [6.07, 6.45) is 6.20. The van der Waals surface area contributed by atoms with E-state index in [1.807, 2.05) is 6.07 Å². The van der Waals surface area contributed by atoms with Crippen molar-refractivity contribution in [3.05, 3.63) is 21.8 Å². The fourth-order valence-corrected chi connectivity index (χ4v) is 3.48. The topological polar surface area (TPSA) is 42.2 Å². The Balaban J connectivity index is 2.17. The molecule has 1 aliphatic carbocycles. The van der Waals surface area contributed by atoms with Gasteiger partial charge in [0.2, 0.25) is 0 Å². The fraction of sp³-hybridized carbons (Fsp3) is 0.615. The minimum atomic E-state index is 0.376. The highest BCUT2D eigenvalue weighted by Crippen LogP contribution is 2.31. The molecule has 0 saturated heterocycles. The lowest BCUT2D eigenvalue weighted by Crippen LogP contribution is -2.41. The van der Waals surface area contributed by atoms with Gasteiger partial charge in [0, 0.05) is 24.8 Å². The van der Waals surface area contributed by atoms with Crippen molar-refractivity contribution < 1.29 is 0 Å². The number of aromatic nitrogens is 1. The molecule has 1 saturated carbocycles. The van der Waals surface area contributed by atoms with Crippen molar-refractivity contribution >= 4 is 33.3 Å². The zero-order valence-electron chi connectivity index (χ0n) is 10.6. The summed E-state index contributed by atoms with van der Waals surface area (Å²) in [6.45, 7) is 3.12. The molecule has 0 spiro atoms. The molecule has 1 heterocycles. The Hall–Kier alpha value is -0.320. The van der Waals surface area contributed by atoms with Gasteiger partial charge in [0.25, 0.3) is 0 Å². The van der Waals surface area contributed by atoms with Gasteiger partial charge >= 0.3 is 0 Å². The number of rotatable bonds is 3. The van der Waals surface area contributed by atoms with Crippen molar-refractivity contribution in [1.82, 2.24) is 4.98 Å². The van der Waals surface area contributed by atoms with E-state index in [-0.39, 0.29) is 0 Å². The molecule has 2 N–H and O–H groups in total. The van der Waals surface area contributed by atoms with Crippen LogP contribution in [0.4, 0.5) is 5.82 Å². The third kappa shape index (κ3) is 3.16. The Labute approximate surface area is 122 Å². The monoisotopic (exact) mass is 331 g/mol. The zero-order chi connectivity index (χ0) is 13.1. The second-order valence-electron chi connectivity index (χ2n) is 4.81. The van der Waals surface area contributed by atoms with Crippen LogP contribution in [0.3, 0.4) is 0 Å². The van der Waals surface area contributed by atoms with Gasteiger partial charge in [-0.2, -0.15) is 0 Å².